The lowest BCUT2D eigenvalue weighted by atomic mass is 9.94. The molecule has 1 saturated carbocycles. The number of nitrogens with zero attached hydrogens (tertiary/aromatic N) is 4. The van der Waals surface area contributed by atoms with Crippen LogP contribution in [-0.2, 0) is 4.74 Å². The Bertz CT molecular complexity index is 740. The monoisotopic (exact) mass is 352 g/mol. The maximum atomic E-state index is 13.3. The summed E-state index contributed by atoms with van der Waals surface area (Å²) in [4.78, 5) is 25.6. The summed E-state index contributed by atoms with van der Waals surface area (Å²) in [6, 6.07) is 10.4. The molecule has 26 heavy (non-hydrogen) atoms. The van der Waals surface area contributed by atoms with Gasteiger partial charge in [-0.05, 0) is 37.5 Å². The van der Waals surface area contributed by atoms with Crippen LogP contribution in [-0.4, -0.2) is 52.7 Å². The third-order valence-corrected chi connectivity index (χ3v) is 5.45. The molecule has 0 radical (unpaired) electrons. The van der Waals surface area contributed by atoms with E-state index in [9.17, 15) is 4.79 Å². The second kappa shape index (κ2) is 7.41. The molecule has 1 saturated heterocycles. The molecule has 2 fully saturated rings. The lowest BCUT2D eigenvalue weighted by Gasteiger charge is -2.27. The van der Waals surface area contributed by atoms with Gasteiger partial charge in [-0.3, -0.25) is 4.90 Å². The fourth-order valence-corrected chi connectivity index (χ4v) is 4.37. The van der Waals surface area contributed by atoms with Crippen molar-refractivity contribution >= 4 is 11.7 Å². The number of ether oxygens (including phenoxy) is 1. The maximum absolute atomic E-state index is 13.3. The van der Waals surface area contributed by atoms with E-state index in [0.717, 1.165) is 24.1 Å². The number of rotatable bonds is 6. The van der Waals surface area contributed by atoms with Crippen LogP contribution in [0.15, 0.2) is 49.1 Å². The first kappa shape index (κ1) is 17.0. The average molecular weight is 352 g/mol. The van der Waals surface area contributed by atoms with Gasteiger partial charge in [0, 0.05) is 37.2 Å². The van der Waals surface area contributed by atoms with Crippen molar-refractivity contribution in [3.05, 3.63) is 54.6 Å². The van der Waals surface area contributed by atoms with Gasteiger partial charge in [0.05, 0.1) is 18.7 Å². The molecule has 1 aromatic carbocycles. The molecule has 2 aromatic rings. The van der Waals surface area contributed by atoms with Gasteiger partial charge < -0.3 is 9.64 Å². The number of fused-ring (bicyclic) bond motifs is 1. The molecule has 4 rings (SSSR count). The van der Waals surface area contributed by atoms with E-state index in [1.165, 1.54) is 0 Å². The number of carbonyl (C=O) groups is 1. The molecule has 6 nitrogen and oxygen atoms in total. The Morgan fingerprint density at radius 1 is 1.15 bits per heavy atom. The minimum Gasteiger partial charge on any atom is -0.380 e. The zero-order valence-electron chi connectivity index (χ0n) is 15.0. The fourth-order valence-electron chi connectivity index (χ4n) is 4.37. The second-order valence-electron chi connectivity index (χ2n) is 6.79. The molecule has 2 heterocycles. The van der Waals surface area contributed by atoms with Gasteiger partial charge in [0.25, 0.3) is 0 Å². The highest BCUT2D eigenvalue weighted by Gasteiger charge is 2.53. The lowest BCUT2D eigenvalue weighted by Crippen LogP contribution is -2.38. The molecule has 0 N–H and O–H groups in total. The number of hydrogen-bond acceptors (Lipinski definition) is 4. The molecule has 0 bridgehead atoms. The molecule has 2 amide bonds. The van der Waals surface area contributed by atoms with Crippen LogP contribution in [0.1, 0.15) is 31.2 Å². The third-order valence-electron chi connectivity index (χ3n) is 5.45. The predicted molar refractivity (Wildman–Crippen MR) is 99.1 cm³/mol. The minimum atomic E-state index is 0.0763. The van der Waals surface area contributed by atoms with Gasteiger partial charge in [0.1, 0.15) is 6.33 Å². The topological polar surface area (TPSA) is 58.6 Å². The Balaban J connectivity index is 1.67. The number of aromatic nitrogens is 2. The smallest absolute Gasteiger partial charge is 0.325 e. The van der Waals surface area contributed by atoms with Crippen LogP contribution in [0.5, 0.6) is 0 Å². The summed E-state index contributed by atoms with van der Waals surface area (Å²) in [6.45, 7) is 3.86. The van der Waals surface area contributed by atoms with Crippen LogP contribution in [0.25, 0.3) is 0 Å². The Hall–Kier alpha value is -2.47. The molecule has 0 unspecified atom stereocenters. The van der Waals surface area contributed by atoms with E-state index in [0.29, 0.717) is 19.8 Å². The normalized spacial score (nSPS) is 25.0. The van der Waals surface area contributed by atoms with Crippen molar-refractivity contribution in [1.82, 2.24) is 14.9 Å². The zero-order valence-corrected chi connectivity index (χ0v) is 15.0. The molecular formula is C20H24N4O2. The van der Waals surface area contributed by atoms with Crippen LogP contribution in [0, 0.1) is 0 Å². The van der Waals surface area contributed by atoms with Crippen molar-refractivity contribution in [1.29, 1.82) is 0 Å². The summed E-state index contributed by atoms with van der Waals surface area (Å²) in [5, 5.41) is 0. The summed E-state index contributed by atoms with van der Waals surface area (Å²) in [6.07, 6.45) is 7.35. The van der Waals surface area contributed by atoms with Crippen LogP contribution >= 0.6 is 0 Å². The number of anilines is 1. The van der Waals surface area contributed by atoms with Crippen LogP contribution in [0.2, 0.25) is 0 Å². The number of carbonyl (C=O) groups excluding carboxylic acids is 1. The van der Waals surface area contributed by atoms with Crippen molar-refractivity contribution < 1.29 is 9.53 Å². The Morgan fingerprint density at radius 2 is 1.92 bits per heavy atom. The fraction of sp³-hybridized carbons (Fsp3) is 0.450. The van der Waals surface area contributed by atoms with Gasteiger partial charge in [-0.15, -0.1) is 0 Å². The highest BCUT2D eigenvalue weighted by Crippen LogP contribution is 2.45. The van der Waals surface area contributed by atoms with E-state index < -0.39 is 0 Å². The lowest BCUT2D eigenvalue weighted by molar-refractivity contribution is 0.115. The third kappa shape index (κ3) is 2.94. The number of urea groups is 1. The molecule has 3 atom stereocenters. The molecule has 1 aliphatic heterocycles. The van der Waals surface area contributed by atoms with Crippen LogP contribution in [0.3, 0.4) is 0 Å². The molecule has 2 aliphatic rings. The van der Waals surface area contributed by atoms with E-state index in [-0.39, 0.29) is 24.0 Å². The van der Waals surface area contributed by atoms with Gasteiger partial charge in [0.2, 0.25) is 0 Å². The van der Waals surface area contributed by atoms with Crippen molar-refractivity contribution in [3.8, 4) is 0 Å². The second-order valence-corrected chi connectivity index (χ2v) is 6.79. The van der Waals surface area contributed by atoms with Crippen molar-refractivity contribution in [3.63, 3.8) is 0 Å². The quantitative estimate of drug-likeness (QED) is 0.750. The largest absolute Gasteiger partial charge is 0.380 e. The highest BCUT2D eigenvalue weighted by atomic mass is 16.5. The number of amides is 2. The summed E-state index contributed by atoms with van der Waals surface area (Å²) in [5.74, 6) is 0.252. The first-order chi connectivity index (χ1) is 12.8. The molecule has 1 aliphatic carbocycles. The number of para-hydroxylation sites is 1. The predicted octanol–water partition coefficient (Wildman–Crippen LogP) is 3.07. The molecule has 0 spiro atoms. The van der Waals surface area contributed by atoms with Crippen LogP contribution in [0.4, 0.5) is 10.5 Å². The Labute approximate surface area is 153 Å². The Morgan fingerprint density at radius 3 is 2.65 bits per heavy atom. The van der Waals surface area contributed by atoms with E-state index in [4.69, 9.17) is 4.74 Å². The minimum absolute atomic E-state index is 0.0763. The van der Waals surface area contributed by atoms with Crippen LogP contribution < -0.4 is 4.90 Å². The van der Waals surface area contributed by atoms with Gasteiger partial charge in [-0.1, -0.05) is 18.2 Å². The van der Waals surface area contributed by atoms with E-state index in [1.807, 2.05) is 59.4 Å². The number of hydrogen-bond donors (Lipinski definition) is 0. The van der Waals surface area contributed by atoms with Gasteiger partial charge >= 0.3 is 6.03 Å². The van der Waals surface area contributed by atoms with Crippen molar-refractivity contribution in [2.45, 2.75) is 37.8 Å². The molecular weight excluding hydrogens is 328 g/mol. The summed E-state index contributed by atoms with van der Waals surface area (Å²) in [5.41, 5.74) is 2.07. The zero-order chi connectivity index (χ0) is 17.9. The first-order valence-corrected chi connectivity index (χ1v) is 9.28. The van der Waals surface area contributed by atoms with Gasteiger partial charge in [0.15, 0.2) is 0 Å². The molecule has 6 heteroatoms. The van der Waals surface area contributed by atoms with E-state index >= 15 is 0 Å². The van der Waals surface area contributed by atoms with Gasteiger partial charge in [-0.25, -0.2) is 14.8 Å². The molecule has 136 valence electrons. The summed E-state index contributed by atoms with van der Waals surface area (Å²) in [7, 11) is 0. The SMILES string of the molecule is CCOCCN1C(=O)N(c2ccccc2)[C@@H]2[C@H](c3cncnc3)CC[C@@H]21. The van der Waals surface area contributed by atoms with E-state index in [1.54, 1.807) is 6.33 Å². The summed E-state index contributed by atoms with van der Waals surface area (Å²) >= 11 is 0. The number of benzene rings is 1. The van der Waals surface area contributed by atoms with Gasteiger partial charge in [-0.2, -0.15) is 0 Å². The maximum Gasteiger partial charge on any atom is 0.325 e. The van der Waals surface area contributed by atoms with Crippen molar-refractivity contribution in [2.24, 2.45) is 0 Å². The Kier molecular flexibility index (Phi) is 4.84. The molecule has 1 aromatic heterocycles. The van der Waals surface area contributed by atoms with E-state index in [2.05, 4.69) is 9.97 Å². The standard InChI is InChI=1S/C20H24N4O2/c1-2-26-11-10-23-18-9-8-17(15-12-21-14-22-13-15)19(18)24(20(23)25)16-6-4-3-5-7-16/h3-7,12-14,17-19H,2,8-11H2,1H3/t17-,18-,19+/m0/s1. The van der Waals surface area contributed by atoms with Crippen molar-refractivity contribution in [2.75, 3.05) is 24.7 Å². The average Bonchev–Trinajstić information content (AvgIpc) is 3.22. The first-order valence-electron chi connectivity index (χ1n) is 9.28. The highest BCUT2D eigenvalue weighted by molar-refractivity contribution is 5.96. The summed E-state index contributed by atoms with van der Waals surface area (Å²) < 4.78 is 5.51.